The van der Waals surface area contributed by atoms with Crippen molar-refractivity contribution < 1.29 is 13.2 Å². The summed E-state index contributed by atoms with van der Waals surface area (Å²) in [7, 11) is -3.79. The molecular weight excluding hydrogens is 374 g/mol. The maximum Gasteiger partial charge on any atom is 0.261 e. The number of benzene rings is 2. The Bertz CT molecular complexity index is 951. The number of nitrogens with one attached hydrogen (secondary N) is 2. The summed E-state index contributed by atoms with van der Waals surface area (Å²) in [5, 5.41) is 11.4. The van der Waals surface area contributed by atoms with Crippen LogP contribution in [0.25, 0.3) is 6.08 Å². The molecular formula is C18H16ClN3O3S. The first kappa shape index (κ1) is 19.5. The van der Waals surface area contributed by atoms with Crippen molar-refractivity contribution in [2.24, 2.45) is 0 Å². The van der Waals surface area contributed by atoms with Gasteiger partial charge in [0, 0.05) is 17.6 Å². The number of hydrogen-bond acceptors (Lipinski definition) is 4. The van der Waals surface area contributed by atoms with Crippen molar-refractivity contribution in [3.8, 4) is 6.07 Å². The van der Waals surface area contributed by atoms with Crippen LogP contribution in [0.4, 0.5) is 5.69 Å². The predicted octanol–water partition coefficient (Wildman–Crippen LogP) is 3.18. The molecule has 0 aliphatic carbocycles. The van der Waals surface area contributed by atoms with Crippen LogP contribution in [0.15, 0.2) is 59.5 Å². The van der Waals surface area contributed by atoms with E-state index in [1.807, 2.05) is 6.07 Å². The minimum atomic E-state index is -3.79. The minimum absolute atomic E-state index is 0.115. The summed E-state index contributed by atoms with van der Waals surface area (Å²) < 4.78 is 27.5. The second-order valence-corrected chi connectivity index (χ2v) is 7.30. The van der Waals surface area contributed by atoms with Crippen LogP contribution in [0.3, 0.4) is 0 Å². The monoisotopic (exact) mass is 389 g/mol. The molecule has 0 heterocycles. The SMILES string of the molecule is N#CCCNC(=O)/C=C/c1ccc(Cl)cc1NS(=O)(=O)c1ccccc1. The van der Waals surface area contributed by atoms with Crippen molar-refractivity contribution in [1.29, 1.82) is 5.26 Å². The Kier molecular flexibility index (Phi) is 6.78. The summed E-state index contributed by atoms with van der Waals surface area (Å²) in [6.07, 6.45) is 2.95. The molecule has 26 heavy (non-hydrogen) atoms. The molecule has 0 aliphatic heterocycles. The Morgan fingerprint density at radius 2 is 1.92 bits per heavy atom. The van der Waals surface area contributed by atoms with Gasteiger partial charge in [-0.05, 0) is 35.9 Å². The Balaban J connectivity index is 2.23. The van der Waals surface area contributed by atoms with E-state index in [1.165, 1.54) is 30.4 Å². The third kappa shape index (κ3) is 5.62. The summed E-state index contributed by atoms with van der Waals surface area (Å²) in [5.74, 6) is -0.382. The van der Waals surface area contributed by atoms with Gasteiger partial charge in [0.25, 0.3) is 10.0 Å². The average molecular weight is 390 g/mol. The molecule has 2 aromatic rings. The number of nitrogens with zero attached hydrogens (tertiary/aromatic N) is 1. The molecule has 0 atom stereocenters. The van der Waals surface area contributed by atoms with Gasteiger partial charge in [0.2, 0.25) is 5.91 Å². The van der Waals surface area contributed by atoms with Gasteiger partial charge in [-0.25, -0.2) is 8.42 Å². The topological polar surface area (TPSA) is 99.1 Å². The normalized spacial score (nSPS) is 11.1. The van der Waals surface area contributed by atoms with Gasteiger partial charge in [-0.3, -0.25) is 9.52 Å². The van der Waals surface area contributed by atoms with Crippen molar-refractivity contribution in [3.05, 3.63) is 65.2 Å². The lowest BCUT2D eigenvalue weighted by molar-refractivity contribution is -0.116. The molecule has 134 valence electrons. The van der Waals surface area contributed by atoms with Crippen LogP contribution in [0.2, 0.25) is 5.02 Å². The Morgan fingerprint density at radius 3 is 2.62 bits per heavy atom. The van der Waals surface area contributed by atoms with E-state index in [2.05, 4.69) is 10.0 Å². The summed E-state index contributed by atoms with van der Waals surface area (Å²) in [6, 6.07) is 14.5. The summed E-state index contributed by atoms with van der Waals surface area (Å²) in [6.45, 7) is 0.244. The zero-order valence-electron chi connectivity index (χ0n) is 13.6. The number of hydrogen-bond donors (Lipinski definition) is 2. The van der Waals surface area contributed by atoms with Crippen LogP contribution in [0.5, 0.6) is 0 Å². The van der Waals surface area contributed by atoms with Gasteiger partial charge in [-0.2, -0.15) is 5.26 Å². The van der Waals surface area contributed by atoms with E-state index >= 15 is 0 Å². The molecule has 0 saturated heterocycles. The molecule has 0 spiro atoms. The second kappa shape index (κ2) is 9.04. The molecule has 2 N–H and O–H groups in total. The first-order valence-electron chi connectivity index (χ1n) is 7.62. The zero-order chi connectivity index (χ0) is 19.0. The average Bonchev–Trinajstić information content (AvgIpc) is 2.62. The number of carbonyl (C=O) groups is 1. The van der Waals surface area contributed by atoms with Crippen molar-refractivity contribution in [1.82, 2.24) is 5.32 Å². The van der Waals surface area contributed by atoms with E-state index in [0.717, 1.165) is 0 Å². The standard InChI is InChI=1S/C18H16ClN3O3S/c19-15-9-7-14(8-10-18(23)21-12-4-11-20)17(13-15)22-26(24,25)16-5-2-1-3-6-16/h1-3,5-10,13,22H,4,12H2,(H,21,23)/b10-8+. The van der Waals surface area contributed by atoms with Crippen molar-refractivity contribution >= 4 is 39.3 Å². The maximum absolute atomic E-state index is 12.5. The first-order valence-corrected chi connectivity index (χ1v) is 9.49. The Morgan fingerprint density at radius 1 is 1.19 bits per heavy atom. The van der Waals surface area contributed by atoms with Crippen molar-refractivity contribution in [2.75, 3.05) is 11.3 Å². The minimum Gasteiger partial charge on any atom is -0.352 e. The molecule has 0 radical (unpaired) electrons. The van der Waals surface area contributed by atoms with Gasteiger partial charge in [0.15, 0.2) is 0 Å². The first-order chi connectivity index (χ1) is 12.4. The second-order valence-electron chi connectivity index (χ2n) is 5.18. The van der Waals surface area contributed by atoms with Gasteiger partial charge in [0.05, 0.1) is 23.1 Å². The highest BCUT2D eigenvalue weighted by molar-refractivity contribution is 7.92. The largest absolute Gasteiger partial charge is 0.352 e. The van der Waals surface area contributed by atoms with Crippen molar-refractivity contribution in [2.45, 2.75) is 11.3 Å². The molecule has 0 bridgehead atoms. The lowest BCUT2D eigenvalue weighted by Crippen LogP contribution is -2.21. The molecule has 0 aromatic heterocycles. The molecule has 2 rings (SSSR count). The van der Waals surface area contributed by atoms with Crippen LogP contribution in [0.1, 0.15) is 12.0 Å². The smallest absolute Gasteiger partial charge is 0.261 e. The van der Waals surface area contributed by atoms with Crippen LogP contribution >= 0.6 is 11.6 Å². The van der Waals surface area contributed by atoms with E-state index in [1.54, 1.807) is 30.3 Å². The van der Waals surface area contributed by atoms with E-state index in [9.17, 15) is 13.2 Å². The van der Waals surface area contributed by atoms with E-state index in [-0.39, 0.29) is 29.5 Å². The summed E-state index contributed by atoms with van der Waals surface area (Å²) in [5.41, 5.74) is 0.728. The number of rotatable bonds is 7. The number of carbonyl (C=O) groups excluding carboxylic acids is 1. The lowest BCUT2D eigenvalue weighted by atomic mass is 10.1. The molecule has 0 fully saturated rings. The van der Waals surface area contributed by atoms with E-state index in [0.29, 0.717) is 10.6 Å². The number of anilines is 1. The van der Waals surface area contributed by atoms with E-state index < -0.39 is 10.0 Å². The van der Waals surface area contributed by atoms with E-state index in [4.69, 9.17) is 16.9 Å². The number of nitriles is 1. The van der Waals surface area contributed by atoms with Gasteiger partial charge in [-0.15, -0.1) is 0 Å². The highest BCUT2D eigenvalue weighted by Gasteiger charge is 2.15. The fourth-order valence-corrected chi connectivity index (χ4v) is 3.30. The number of sulfonamides is 1. The fourth-order valence-electron chi connectivity index (χ4n) is 2.03. The molecule has 6 nitrogen and oxygen atoms in total. The van der Waals surface area contributed by atoms with Gasteiger partial charge in [-0.1, -0.05) is 35.9 Å². The zero-order valence-corrected chi connectivity index (χ0v) is 15.2. The van der Waals surface area contributed by atoms with Crippen LogP contribution in [-0.2, 0) is 14.8 Å². The quantitative estimate of drug-likeness (QED) is 0.561. The number of amides is 1. The number of halogens is 1. The third-order valence-corrected chi connectivity index (χ3v) is 4.88. The van der Waals surface area contributed by atoms with Gasteiger partial charge in [0.1, 0.15) is 0 Å². The predicted molar refractivity (Wildman–Crippen MR) is 101 cm³/mol. The van der Waals surface area contributed by atoms with Crippen LogP contribution in [-0.4, -0.2) is 20.9 Å². The molecule has 0 aliphatic rings. The summed E-state index contributed by atoms with van der Waals surface area (Å²) in [4.78, 5) is 11.8. The molecule has 1 amide bonds. The maximum atomic E-state index is 12.5. The molecule has 0 unspecified atom stereocenters. The highest BCUT2D eigenvalue weighted by atomic mass is 35.5. The molecule has 8 heteroatoms. The molecule has 0 saturated carbocycles. The molecule has 2 aromatic carbocycles. The van der Waals surface area contributed by atoms with Crippen LogP contribution in [0, 0.1) is 11.3 Å². The van der Waals surface area contributed by atoms with Crippen molar-refractivity contribution in [3.63, 3.8) is 0 Å². The summed E-state index contributed by atoms with van der Waals surface area (Å²) >= 11 is 5.97. The van der Waals surface area contributed by atoms with Crippen LogP contribution < -0.4 is 10.0 Å². The highest BCUT2D eigenvalue weighted by Crippen LogP contribution is 2.25. The lowest BCUT2D eigenvalue weighted by Gasteiger charge is -2.11. The Hall–Kier alpha value is -2.82. The Labute approximate surface area is 157 Å². The third-order valence-electron chi connectivity index (χ3n) is 3.26. The van der Waals surface area contributed by atoms with Gasteiger partial charge >= 0.3 is 0 Å². The fraction of sp³-hybridized carbons (Fsp3) is 0.111. The van der Waals surface area contributed by atoms with Gasteiger partial charge < -0.3 is 5.32 Å².